The summed E-state index contributed by atoms with van der Waals surface area (Å²) in [4.78, 5) is 31.9. The Hall–Kier alpha value is -2.92. The van der Waals surface area contributed by atoms with E-state index < -0.39 is 0 Å². The first kappa shape index (κ1) is 16.5. The molecule has 1 fully saturated rings. The van der Waals surface area contributed by atoms with Crippen LogP contribution in [0.25, 0.3) is 10.9 Å². The summed E-state index contributed by atoms with van der Waals surface area (Å²) in [5, 5.41) is 1.04. The summed E-state index contributed by atoms with van der Waals surface area (Å²) in [5.74, 6) is 0.0776. The van der Waals surface area contributed by atoms with Gasteiger partial charge >= 0.3 is 0 Å². The van der Waals surface area contributed by atoms with Gasteiger partial charge in [-0.15, -0.1) is 0 Å². The third-order valence-corrected chi connectivity index (χ3v) is 4.90. The maximum Gasteiger partial charge on any atom is 0.253 e. The smallest absolute Gasteiger partial charge is 0.253 e. The second-order valence-corrected chi connectivity index (χ2v) is 6.65. The zero-order valence-corrected chi connectivity index (χ0v) is 14.5. The van der Waals surface area contributed by atoms with E-state index in [1.165, 1.54) is 0 Å². The summed E-state index contributed by atoms with van der Waals surface area (Å²) < 4.78 is 0. The Labute approximate surface area is 151 Å². The highest BCUT2D eigenvalue weighted by atomic mass is 16.2. The average molecular weight is 347 g/mol. The van der Waals surface area contributed by atoms with Crippen molar-refractivity contribution < 1.29 is 4.79 Å². The van der Waals surface area contributed by atoms with Crippen LogP contribution >= 0.6 is 0 Å². The van der Waals surface area contributed by atoms with Crippen LogP contribution in [0.5, 0.6) is 0 Å². The van der Waals surface area contributed by atoms with E-state index >= 15 is 0 Å². The van der Waals surface area contributed by atoms with E-state index in [2.05, 4.69) is 9.88 Å². The number of nitrogens with zero attached hydrogens (tertiary/aromatic N) is 2. The number of pyridine rings is 1. The fraction of sp³-hybridized carbons (Fsp3) is 0.238. The minimum absolute atomic E-state index is 0.0357. The minimum atomic E-state index is -0.0357. The minimum Gasteiger partial charge on any atom is -0.336 e. The van der Waals surface area contributed by atoms with Crippen molar-refractivity contribution in [3.05, 3.63) is 82.1 Å². The number of H-pyrrole nitrogens is 1. The number of hydrogen-bond donors (Lipinski definition) is 1. The van der Waals surface area contributed by atoms with E-state index in [0.717, 1.165) is 35.1 Å². The van der Waals surface area contributed by atoms with Gasteiger partial charge in [-0.25, -0.2) is 0 Å². The number of carbonyl (C=O) groups excluding carboxylic acids is 1. The zero-order chi connectivity index (χ0) is 17.9. The molecule has 0 atom stereocenters. The highest BCUT2D eigenvalue weighted by Crippen LogP contribution is 2.13. The van der Waals surface area contributed by atoms with Crippen molar-refractivity contribution in [3.63, 3.8) is 0 Å². The third kappa shape index (κ3) is 3.39. The molecule has 5 nitrogen and oxygen atoms in total. The van der Waals surface area contributed by atoms with Crippen molar-refractivity contribution in [2.45, 2.75) is 6.54 Å². The standard InChI is InChI=1S/C21H21N3O2/c25-20-18(14-17-8-4-5-9-19(17)22-20)15-23-10-12-24(13-11-23)21(26)16-6-2-1-3-7-16/h1-9,14H,10-13,15H2,(H,22,25). The molecule has 0 radical (unpaired) electrons. The monoisotopic (exact) mass is 347 g/mol. The summed E-state index contributed by atoms with van der Waals surface area (Å²) in [6, 6.07) is 19.2. The number of hydrogen-bond acceptors (Lipinski definition) is 3. The van der Waals surface area contributed by atoms with Gasteiger partial charge in [-0.1, -0.05) is 36.4 Å². The van der Waals surface area contributed by atoms with Crippen molar-refractivity contribution in [1.82, 2.24) is 14.8 Å². The van der Waals surface area contributed by atoms with E-state index in [1.54, 1.807) is 0 Å². The molecule has 0 bridgehead atoms. The maximum absolute atomic E-state index is 12.5. The van der Waals surface area contributed by atoms with Gasteiger partial charge in [0.05, 0.1) is 0 Å². The number of piperazine rings is 1. The second kappa shape index (κ2) is 7.14. The fourth-order valence-corrected chi connectivity index (χ4v) is 3.42. The maximum atomic E-state index is 12.5. The first-order valence-corrected chi connectivity index (χ1v) is 8.88. The van der Waals surface area contributed by atoms with Crippen molar-refractivity contribution in [1.29, 1.82) is 0 Å². The van der Waals surface area contributed by atoms with Gasteiger partial charge in [0.2, 0.25) is 0 Å². The lowest BCUT2D eigenvalue weighted by molar-refractivity contribution is 0.0628. The summed E-state index contributed by atoms with van der Waals surface area (Å²) in [5.41, 5.74) is 2.32. The molecule has 5 heteroatoms. The van der Waals surface area contributed by atoms with Gasteiger partial charge in [0, 0.05) is 49.4 Å². The topological polar surface area (TPSA) is 56.4 Å². The average Bonchev–Trinajstić information content (AvgIpc) is 2.69. The third-order valence-electron chi connectivity index (χ3n) is 4.90. The van der Waals surface area contributed by atoms with Crippen LogP contribution < -0.4 is 5.56 Å². The molecule has 0 saturated carbocycles. The van der Waals surface area contributed by atoms with Crippen LogP contribution in [0.2, 0.25) is 0 Å². The molecule has 1 aromatic heterocycles. The molecule has 132 valence electrons. The van der Waals surface area contributed by atoms with Gasteiger partial charge in [-0.3, -0.25) is 14.5 Å². The molecular weight excluding hydrogens is 326 g/mol. The first-order valence-electron chi connectivity index (χ1n) is 8.88. The van der Waals surface area contributed by atoms with Crippen molar-refractivity contribution in [2.75, 3.05) is 26.2 Å². The predicted molar refractivity (Wildman–Crippen MR) is 102 cm³/mol. The van der Waals surface area contributed by atoms with Crippen molar-refractivity contribution in [2.24, 2.45) is 0 Å². The van der Waals surface area contributed by atoms with E-state index in [-0.39, 0.29) is 11.5 Å². The number of aromatic nitrogens is 1. The molecule has 2 aromatic carbocycles. The van der Waals surface area contributed by atoms with E-state index in [0.29, 0.717) is 19.6 Å². The second-order valence-electron chi connectivity index (χ2n) is 6.65. The number of nitrogens with one attached hydrogen (secondary N) is 1. The van der Waals surface area contributed by atoms with E-state index in [4.69, 9.17) is 0 Å². The summed E-state index contributed by atoms with van der Waals surface area (Å²) in [7, 11) is 0. The molecule has 0 unspecified atom stereocenters. The Morgan fingerprint density at radius 1 is 0.923 bits per heavy atom. The van der Waals surface area contributed by atoms with Gasteiger partial charge in [-0.2, -0.15) is 0 Å². The normalized spacial score (nSPS) is 15.3. The lowest BCUT2D eigenvalue weighted by Crippen LogP contribution is -2.48. The number of aromatic amines is 1. The van der Waals surface area contributed by atoms with Crippen LogP contribution in [0.4, 0.5) is 0 Å². The van der Waals surface area contributed by atoms with Crippen LogP contribution in [0, 0.1) is 0 Å². The Kier molecular flexibility index (Phi) is 4.54. The van der Waals surface area contributed by atoms with Gasteiger partial charge in [-0.05, 0) is 29.7 Å². The quantitative estimate of drug-likeness (QED) is 0.792. The molecule has 26 heavy (non-hydrogen) atoms. The number of rotatable bonds is 3. The molecule has 1 aliphatic rings. The Balaban J connectivity index is 1.42. The van der Waals surface area contributed by atoms with Crippen LogP contribution in [-0.2, 0) is 6.54 Å². The van der Waals surface area contributed by atoms with Crippen LogP contribution in [0.3, 0.4) is 0 Å². The molecule has 1 amide bonds. The molecule has 1 saturated heterocycles. The lowest BCUT2D eigenvalue weighted by Gasteiger charge is -2.34. The molecule has 1 aliphatic heterocycles. The summed E-state index contributed by atoms with van der Waals surface area (Å²) in [6.07, 6.45) is 0. The van der Waals surface area contributed by atoms with Gasteiger partial charge in [0.25, 0.3) is 11.5 Å². The lowest BCUT2D eigenvalue weighted by atomic mass is 10.1. The number of para-hydroxylation sites is 1. The van der Waals surface area contributed by atoms with E-state index in [1.807, 2.05) is 65.6 Å². The molecule has 2 heterocycles. The molecule has 1 N–H and O–H groups in total. The van der Waals surface area contributed by atoms with Gasteiger partial charge in [0.1, 0.15) is 0 Å². The molecule has 4 rings (SSSR count). The van der Waals surface area contributed by atoms with Crippen molar-refractivity contribution in [3.8, 4) is 0 Å². The predicted octanol–water partition coefficient (Wildman–Crippen LogP) is 2.49. The zero-order valence-electron chi connectivity index (χ0n) is 14.5. The molecule has 3 aromatic rings. The Morgan fingerprint density at radius 2 is 1.62 bits per heavy atom. The highest BCUT2D eigenvalue weighted by molar-refractivity contribution is 5.94. The van der Waals surface area contributed by atoms with Gasteiger partial charge < -0.3 is 9.88 Å². The van der Waals surface area contributed by atoms with Crippen LogP contribution in [0.1, 0.15) is 15.9 Å². The molecule has 0 spiro atoms. The van der Waals surface area contributed by atoms with Crippen LogP contribution in [-0.4, -0.2) is 46.9 Å². The highest BCUT2D eigenvalue weighted by Gasteiger charge is 2.22. The van der Waals surface area contributed by atoms with E-state index in [9.17, 15) is 9.59 Å². The Morgan fingerprint density at radius 3 is 2.38 bits per heavy atom. The Bertz CT molecular complexity index is 973. The van der Waals surface area contributed by atoms with Gasteiger partial charge in [0.15, 0.2) is 0 Å². The molecule has 0 aliphatic carbocycles. The fourth-order valence-electron chi connectivity index (χ4n) is 3.42. The number of benzene rings is 2. The first-order chi connectivity index (χ1) is 12.7. The molecular formula is C21H21N3O2. The largest absolute Gasteiger partial charge is 0.336 e. The number of fused-ring (bicyclic) bond motifs is 1. The summed E-state index contributed by atoms with van der Waals surface area (Å²) in [6.45, 7) is 3.50. The number of carbonyl (C=O) groups is 1. The summed E-state index contributed by atoms with van der Waals surface area (Å²) >= 11 is 0. The SMILES string of the molecule is O=C(c1ccccc1)N1CCN(Cc2cc3ccccc3[nH]c2=O)CC1. The van der Waals surface area contributed by atoms with Crippen molar-refractivity contribution >= 4 is 16.8 Å². The number of amides is 1. The van der Waals surface area contributed by atoms with Crippen LogP contribution in [0.15, 0.2) is 65.5 Å².